The predicted octanol–water partition coefficient (Wildman–Crippen LogP) is 2.58. The Bertz CT molecular complexity index is 1000. The van der Waals surface area contributed by atoms with Gasteiger partial charge in [0.1, 0.15) is 11.8 Å². The van der Waals surface area contributed by atoms with Crippen molar-refractivity contribution in [3.8, 4) is 24.0 Å². The van der Waals surface area contributed by atoms with Crippen molar-refractivity contribution in [3.05, 3.63) is 52.7 Å². The Balaban J connectivity index is 2.04. The molecule has 2 aliphatic heterocycles. The van der Waals surface area contributed by atoms with Gasteiger partial charge in [0.25, 0.3) is 0 Å². The van der Waals surface area contributed by atoms with E-state index >= 15 is 0 Å². The minimum absolute atomic E-state index is 0.0688. The van der Waals surface area contributed by atoms with E-state index in [0.717, 1.165) is 24.0 Å². The molecule has 0 radical (unpaired) electrons. The highest BCUT2D eigenvalue weighted by Crippen LogP contribution is 2.58. The maximum absolute atomic E-state index is 10.1. The number of nitrogens with zero attached hydrogens (tertiary/aromatic N) is 4. The molecule has 2 heterocycles. The Morgan fingerprint density at radius 2 is 1.96 bits per heavy atom. The van der Waals surface area contributed by atoms with Crippen LogP contribution in [0.4, 0.5) is 0 Å². The summed E-state index contributed by atoms with van der Waals surface area (Å²) in [5.41, 5.74) is 6.86. The minimum Gasteiger partial charge on any atom is -0.497 e. The second-order valence-electron chi connectivity index (χ2n) is 7.71. The van der Waals surface area contributed by atoms with Gasteiger partial charge in [-0.25, -0.2) is 0 Å². The number of hydrogen-bond acceptors (Lipinski definition) is 6. The third kappa shape index (κ3) is 2.21. The van der Waals surface area contributed by atoms with E-state index in [0.29, 0.717) is 11.3 Å². The first-order chi connectivity index (χ1) is 13.5. The molecule has 0 spiro atoms. The molecular weight excluding hydrogens is 350 g/mol. The van der Waals surface area contributed by atoms with Gasteiger partial charge in [0.05, 0.1) is 30.5 Å². The Morgan fingerprint density at radius 1 is 1.21 bits per heavy atom. The summed E-state index contributed by atoms with van der Waals surface area (Å²) in [7, 11) is 3.66. The van der Waals surface area contributed by atoms with Crippen molar-refractivity contribution < 1.29 is 4.74 Å². The molecule has 6 heteroatoms. The molecule has 0 unspecified atom stereocenters. The van der Waals surface area contributed by atoms with Crippen LogP contribution >= 0.6 is 0 Å². The molecular formula is C22H21N5O. The number of nitrogens with two attached hydrogens (primary N) is 1. The first-order valence-electron chi connectivity index (χ1n) is 9.33. The number of methoxy groups -OCH3 is 1. The van der Waals surface area contributed by atoms with Gasteiger partial charge >= 0.3 is 0 Å². The smallest absolute Gasteiger partial charge is 0.191 e. The lowest BCUT2D eigenvalue weighted by molar-refractivity contribution is 0.160. The van der Waals surface area contributed by atoms with Gasteiger partial charge in [-0.1, -0.05) is 18.2 Å². The lowest BCUT2D eigenvalue weighted by Gasteiger charge is -2.48. The standard InChI is InChI=1S/C22H21N5O/c1-27-14-6-7-18(27)19-16(9-14)17(10-23)21(26)22(11-24,12-25)20(19)13-4-3-5-15(8-13)28-2/h3-5,8-9,14,18-20H,6-7,26H2,1-2H3/t14-,18-,19-,20-/m1/s1. The first-order valence-corrected chi connectivity index (χ1v) is 9.33. The largest absolute Gasteiger partial charge is 0.497 e. The number of likely N-dealkylation sites (N-methyl/N-ethyl adjacent to an activating group) is 1. The highest BCUT2D eigenvalue weighted by Gasteiger charge is 2.58. The zero-order valence-corrected chi connectivity index (χ0v) is 15.9. The molecule has 6 nitrogen and oxygen atoms in total. The fourth-order valence-corrected chi connectivity index (χ4v) is 5.30. The first kappa shape index (κ1) is 18.1. The van der Waals surface area contributed by atoms with Crippen LogP contribution in [0.3, 0.4) is 0 Å². The Labute approximate surface area is 164 Å². The average Bonchev–Trinajstić information content (AvgIpc) is 2.96. The van der Waals surface area contributed by atoms with Gasteiger partial charge in [-0.15, -0.1) is 0 Å². The van der Waals surface area contributed by atoms with E-state index in [9.17, 15) is 15.8 Å². The highest BCUT2D eigenvalue weighted by molar-refractivity contribution is 5.60. The van der Waals surface area contributed by atoms with Crippen molar-refractivity contribution in [2.24, 2.45) is 17.1 Å². The summed E-state index contributed by atoms with van der Waals surface area (Å²) < 4.78 is 5.38. The van der Waals surface area contributed by atoms with Crippen molar-refractivity contribution in [2.45, 2.75) is 30.8 Å². The number of rotatable bonds is 2. The van der Waals surface area contributed by atoms with E-state index in [2.05, 4.69) is 36.2 Å². The summed E-state index contributed by atoms with van der Waals surface area (Å²) in [4.78, 5) is 2.30. The van der Waals surface area contributed by atoms with Crippen molar-refractivity contribution >= 4 is 0 Å². The second kappa shape index (κ2) is 6.41. The molecule has 1 aromatic rings. The predicted molar refractivity (Wildman–Crippen MR) is 102 cm³/mol. The lowest BCUT2D eigenvalue weighted by Crippen LogP contribution is -2.51. The van der Waals surface area contributed by atoms with Crippen LogP contribution in [0.2, 0.25) is 0 Å². The van der Waals surface area contributed by atoms with E-state index in [4.69, 9.17) is 10.5 Å². The monoisotopic (exact) mass is 371 g/mol. The van der Waals surface area contributed by atoms with Crippen LogP contribution in [0.1, 0.15) is 24.3 Å². The van der Waals surface area contributed by atoms with E-state index in [1.54, 1.807) is 7.11 Å². The van der Waals surface area contributed by atoms with Crippen LogP contribution in [0.25, 0.3) is 0 Å². The molecule has 140 valence electrons. The van der Waals surface area contributed by atoms with Gasteiger partial charge in [-0.2, -0.15) is 15.8 Å². The van der Waals surface area contributed by atoms with Crippen LogP contribution in [0, 0.1) is 45.3 Å². The molecule has 0 saturated carbocycles. The van der Waals surface area contributed by atoms with Gasteiger partial charge in [-0.3, -0.25) is 4.90 Å². The zero-order chi connectivity index (χ0) is 20.1. The summed E-state index contributed by atoms with van der Waals surface area (Å²) in [6.07, 6.45) is 4.07. The van der Waals surface area contributed by atoms with E-state index in [1.807, 2.05) is 24.3 Å². The average molecular weight is 371 g/mol. The number of benzene rings is 1. The summed E-state index contributed by atoms with van der Waals surface area (Å²) >= 11 is 0. The molecule has 4 atom stereocenters. The topological polar surface area (TPSA) is 110 Å². The highest BCUT2D eigenvalue weighted by atomic mass is 16.5. The van der Waals surface area contributed by atoms with Gasteiger partial charge < -0.3 is 10.5 Å². The summed E-state index contributed by atoms with van der Waals surface area (Å²) in [5, 5.41) is 30.1. The molecule has 3 aliphatic rings. The van der Waals surface area contributed by atoms with E-state index in [1.165, 1.54) is 0 Å². The third-order valence-electron chi connectivity index (χ3n) is 6.68. The molecule has 4 rings (SSSR count). The zero-order valence-electron chi connectivity index (χ0n) is 15.9. The number of nitriles is 3. The molecule has 0 amide bonds. The third-order valence-corrected chi connectivity index (χ3v) is 6.68. The Hall–Kier alpha value is -3.27. The summed E-state index contributed by atoms with van der Waals surface area (Å²) in [5.74, 6) is 0.0273. The normalized spacial score (nSPS) is 30.5. The number of ether oxygens (including phenoxy) is 1. The van der Waals surface area contributed by atoms with Crippen molar-refractivity contribution in [1.29, 1.82) is 15.8 Å². The summed E-state index contributed by atoms with van der Waals surface area (Å²) in [6.45, 7) is 0. The van der Waals surface area contributed by atoms with Crippen LogP contribution < -0.4 is 10.5 Å². The lowest BCUT2D eigenvalue weighted by atomic mass is 9.56. The van der Waals surface area contributed by atoms with E-state index < -0.39 is 11.3 Å². The number of hydrogen-bond donors (Lipinski definition) is 1. The maximum Gasteiger partial charge on any atom is 0.191 e. The van der Waals surface area contributed by atoms with Gasteiger partial charge in [0, 0.05) is 23.9 Å². The second-order valence-corrected chi connectivity index (χ2v) is 7.71. The number of allylic oxidation sites excluding steroid dienone is 2. The fourth-order valence-electron chi connectivity index (χ4n) is 5.30. The van der Waals surface area contributed by atoms with Crippen molar-refractivity contribution in [1.82, 2.24) is 4.90 Å². The van der Waals surface area contributed by atoms with Crippen LogP contribution in [-0.2, 0) is 0 Å². The molecule has 1 aliphatic carbocycles. The SMILES string of the molecule is COc1cccc([C@@H]2[C@@H]3C(=C[C@H]4CC[C@H]3N4C)C(C#N)=C(N)C2(C#N)C#N)c1. The molecule has 2 N–H and O–H groups in total. The molecule has 2 bridgehead atoms. The van der Waals surface area contributed by atoms with Crippen LogP contribution in [0.5, 0.6) is 5.75 Å². The number of fused-ring (bicyclic) bond motifs is 4. The van der Waals surface area contributed by atoms with Gasteiger partial charge in [0.2, 0.25) is 0 Å². The van der Waals surface area contributed by atoms with Crippen molar-refractivity contribution in [3.63, 3.8) is 0 Å². The Morgan fingerprint density at radius 3 is 2.61 bits per heavy atom. The van der Waals surface area contributed by atoms with Crippen LogP contribution in [0.15, 0.2) is 47.2 Å². The molecule has 1 aromatic carbocycles. The minimum atomic E-state index is -1.60. The molecule has 1 saturated heterocycles. The maximum atomic E-state index is 10.1. The fraction of sp³-hybridized carbons (Fsp3) is 0.409. The summed E-state index contributed by atoms with van der Waals surface area (Å²) in [6, 6.07) is 14.5. The molecule has 1 fully saturated rings. The molecule has 0 aromatic heterocycles. The van der Waals surface area contributed by atoms with Gasteiger partial charge in [-0.05, 0) is 43.2 Å². The quantitative estimate of drug-likeness (QED) is 0.855. The van der Waals surface area contributed by atoms with Gasteiger partial charge in [0.15, 0.2) is 5.41 Å². The van der Waals surface area contributed by atoms with Crippen molar-refractivity contribution in [2.75, 3.05) is 14.2 Å². The van der Waals surface area contributed by atoms with E-state index in [-0.39, 0.29) is 23.7 Å². The Kier molecular flexibility index (Phi) is 4.15. The molecule has 28 heavy (non-hydrogen) atoms. The van der Waals surface area contributed by atoms with Crippen LogP contribution in [-0.4, -0.2) is 31.1 Å².